The Morgan fingerprint density at radius 2 is 1.81 bits per heavy atom. The van der Waals surface area contributed by atoms with E-state index in [9.17, 15) is 13.2 Å². The van der Waals surface area contributed by atoms with Crippen LogP contribution >= 0.6 is 11.8 Å². The van der Waals surface area contributed by atoms with Crippen molar-refractivity contribution in [1.82, 2.24) is 14.9 Å². The number of carbonyl (C=O) groups excluding carboxylic acids is 1. The van der Waals surface area contributed by atoms with E-state index in [2.05, 4.69) is 41.0 Å². The molecule has 0 saturated heterocycles. The average Bonchev–Trinajstić information content (AvgIpc) is 3.20. The smallest absolute Gasteiger partial charge is 0.242 e. The van der Waals surface area contributed by atoms with Crippen LogP contribution in [0.25, 0.3) is 11.4 Å². The van der Waals surface area contributed by atoms with E-state index in [1.165, 1.54) is 36.4 Å². The summed E-state index contributed by atoms with van der Waals surface area (Å²) in [4.78, 5) is 16.5. The van der Waals surface area contributed by atoms with Crippen molar-refractivity contribution in [2.24, 2.45) is 0 Å². The molecule has 32 heavy (non-hydrogen) atoms. The topological polar surface area (TPSA) is 114 Å². The molecule has 0 aliphatic heterocycles. The van der Waals surface area contributed by atoms with Crippen molar-refractivity contribution in [3.8, 4) is 11.4 Å². The number of hydrogen-bond acceptors (Lipinski definition) is 7. The highest BCUT2D eigenvalue weighted by Crippen LogP contribution is 2.28. The molecule has 0 fully saturated rings. The van der Waals surface area contributed by atoms with Crippen LogP contribution in [0.1, 0.15) is 39.1 Å². The van der Waals surface area contributed by atoms with Crippen LogP contribution in [0.2, 0.25) is 0 Å². The first-order chi connectivity index (χ1) is 15.0. The molecule has 0 atom stereocenters. The number of carbonyl (C=O) groups is 1. The predicted octanol–water partition coefficient (Wildman–Crippen LogP) is 4.19. The molecule has 0 bridgehead atoms. The molecule has 0 spiro atoms. The number of thioether (sulfide) groups is 1. The Morgan fingerprint density at radius 3 is 2.41 bits per heavy atom. The van der Waals surface area contributed by atoms with E-state index in [-0.39, 0.29) is 28.7 Å². The Bertz CT molecular complexity index is 1210. The summed E-state index contributed by atoms with van der Waals surface area (Å²) < 4.78 is 33.1. The number of aromatic nitrogens is 2. The van der Waals surface area contributed by atoms with Gasteiger partial charge >= 0.3 is 0 Å². The highest BCUT2D eigenvalue weighted by atomic mass is 32.2. The maximum atomic E-state index is 12.7. The molecule has 10 heteroatoms. The van der Waals surface area contributed by atoms with Gasteiger partial charge in [-0.15, -0.1) is 11.8 Å². The van der Waals surface area contributed by atoms with Crippen LogP contribution in [-0.2, 0) is 26.8 Å². The lowest BCUT2D eigenvalue weighted by atomic mass is 9.87. The first-order valence-electron chi connectivity index (χ1n) is 9.88. The Hall–Kier alpha value is -2.69. The lowest BCUT2D eigenvalue weighted by molar-refractivity contribution is -0.114. The van der Waals surface area contributed by atoms with Crippen LogP contribution < -0.4 is 10.0 Å². The van der Waals surface area contributed by atoms with Crippen molar-refractivity contribution in [2.45, 2.75) is 49.4 Å². The Balaban J connectivity index is 1.73. The summed E-state index contributed by atoms with van der Waals surface area (Å²) in [6.45, 7) is 7.61. The Labute approximate surface area is 192 Å². The molecular weight excluding hydrogens is 448 g/mol. The molecule has 170 valence electrons. The number of rotatable bonds is 7. The molecule has 1 heterocycles. The fraction of sp³-hybridized carbons (Fsp3) is 0.318. The van der Waals surface area contributed by atoms with Gasteiger partial charge in [0.1, 0.15) is 0 Å². The van der Waals surface area contributed by atoms with E-state index in [4.69, 9.17) is 4.52 Å². The number of hydrogen-bond donors (Lipinski definition) is 2. The third-order valence-corrected chi connectivity index (χ3v) is 6.88. The van der Waals surface area contributed by atoms with Gasteiger partial charge in [0, 0.05) is 17.4 Å². The lowest BCUT2D eigenvalue weighted by Crippen LogP contribution is -2.23. The first kappa shape index (κ1) is 24.0. The average molecular weight is 475 g/mol. The van der Waals surface area contributed by atoms with Crippen molar-refractivity contribution in [3.63, 3.8) is 0 Å². The van der Waals surface area contributed by atoms with E-state index in [0.717, 1.165) is 10.5 Å². The number of nitrogens with one attached hydrogen (secondary N) is 2. The SMILES string of the molecule is CSc1ccc(S(=O)(=O)NCc2nc(-c3ccc(C(C)(C)C)cc3)no2)cc1NC(C)=O. The summed E-state index contributed by atoms with van der Waals surface area (Å²) in [6.07, 6.45) is 1.84. The zero-order valence-corrected chi connectivity index (χ0v) is 20.2. The Kier molecular flexibility index (Phi) is 7.06. The maximum Gasteiger partial charge on any atom is 0.242 e. The van der Waals surface area contributed by atoms with Gasteiger partial charge in [0.05, 0.1) is 17.1 Å². The third kappa shape index (κ3) is 5.76. The van der Waals surface area contributed by atoms with Gasteiger partial charge in [0.2, 0.25) is 27.6 Å². The van der Waals surface area contributed by atoms with E-state index in [1.54, 1.807) is 6.07 Å². The zero-order valence-electron chi connectivity index (χ0n) is 18.6. The minimum absolute atomic E-state index is 0.0246. The van der Waals surface area contributed by atoms with Crippen molar-refractivity contribution < 1.29 is 17.7 Å². The summed E-state index contributed by atoms with van der Waals surface area (Å²) in [5, 5.41) is 6.60. The number of nitrogens with zero attached hydrogens (tertiary/aromatic N) is 2. The highest BCUT2D eigenvalue weighted by molar-refractivity contribution is 7.98. The second-order valence-electron chi connectivity index (χ2n) is 8.21. The first-order valence-corrected chi connectivity index (χ1v) is 12.6. The summed E-state index contributed by atoms with van der Waals surface area (Å²) in [5.41, 5.74) is 2.44. The van der Waals surface area contributed by atoms with Gasteiger partial charge in [0.15, 0.2) is 0 Å². The number of anilines is 1. The third-order valence-electron chi connectivity index (χ3n) is 4.68. The van der Waals surface area contributed by atoms with Crippen molar-refractivity contribution in [3.05, 3.63) is 53.9 Å². The molecule has 1 amide bonds. The molecule has 1 aromatic heterocycles. The van der Waals surface area contributed by atoms with E-state index in [1.807, 2.05) is 30.5 Å². The number of benzene rings is 2. The monoisotopic (exact) mass is 474 g/mol. The number of amides is 1. The largest absolute Gasteiger partial charge is 0.338 e. The molecular formula is C22H26N4O4S2. The van der Waals surface area contributed by atoms with Crippen molar-refractivity contribution >= 4 is 33.4 Å². The van der Waals surface area contributed by atoms with E-state index >= 15 is 0 Å². The fourth-order valence-corrected chi connectivity index (χ4v) is 4.48. The van der Waals surface area contributed by atoms with Crippen LogP contribution in [-0.4, -0.2) is 30.7 Å². The highest BCUT2D eigenvalue weighted by Gasteiger charge is 2.19. The fourth-order valence-electron chi connectivity index (χ4n) is 2.94. The molecule has 3 aromatic rings. The van der Waals surface area contributed by atoms with Gasteiger partial charge in [0.25, 0.3) is 0 Å². The minimum Gasteiger partial charge on any atom is -0.338 e. The summed E-state index contributed by atoms with van der Waals surface area (Å²) in [6, 6.07) is 12.4. The van der Waals surface area contributed by atoms with Gasteiger partial charge in [-0.3, -0.25) is 4.79 Å². The van der Waals surface area contributed by atoms with Crippen molar-refractivity contribution in [1.29, 1.82) is 0 Å². The van der Waals surface area contributed by atoms with Crippen LogP contribution in [0.3, 0.4) is 0 Å². The molecule has 0 unspecified atom stereocenters. The molecule has 8 nitrogen and oxygen atoms in total. The van der Waals surface area contributed by atoms with Gasteiger partial charge < -0.3 is 9.84 Å². The second-order valence-corrected chi connectivity index (χ2v) is 10.8. The molecule has 0 saturated carbocycles. The van der Waals surface area contributed by atoms with Crippen molar-refractivity contribution in [2.75, 3.05) is 11.6 Å². The van der Waals surface area contributed by atoms with Gasteiger partial charge in [-0.1, -0.05) is 50.2 Å². The second kappa shape index (κ2) is 9.43. The van der Waals surface area contributed by atoms with Gasteiger partial charge in [-0.25, -0.2) is 13.1 Å². The predicted molar refractivity (Wildman–Crippen MR) is 125 cm³/mol. The zero-order chi connectivity index (χ0) is 23.5. The van der Waals surface area contributed by atoms with E-state index < -0.39 is 10.0 Å². The standard InChI is InChI=1S/C22H26N4O4S2/c1-14(27)24-18-12-17(10-11-19(18)31-5)32(28,29)23-13-20-25-21(26-30-20)15-6-8-16(9-7-15)22(2,3)4/h6-12,23H,13H2,1-5H3,(H,24,27). The molecule has 2 N–H and O–H groups in total. The molecule has 0 aliphatic rings. The van der Waals surface area contributed by atoms with Gasteiger partial charge in [-0.2, -0.15) is 4.98 Å². The molecule has 0 aliphatic carbocycles. The summed E-state index contributed by atoms with van der Waals surface area (Å²) in [5.74, 6) is 0.250. The van der Waals surface area contributed by atoms with Crippen LogP contribution in [0.4, 0.5) is 5.69 Å². The maximum absolute atomic E-state index is 12.7. The van der Waals surface area contributed by atoms with Gasteiger partial charge in [-0.05, 0) is 35.4 Å². The Morgan fingerprint density at radius 1 is 1.12 bits per heavy atom. The van der Waals surface area contributed by atoms with Crippen LogP contribution in [0, 0.1) is 0 Å². The summed E-state index contributed by atoms with van der Waals surface area (Å²) in [7, 11) is -3.86. The van der Waals surface area contributed by atoms with E-state index in [0.29, 0.717) is 11.5 Å². The molecule has 0 radical (unpaired) electrons. The molecule has 2 aromatic carbocycles. The lowest BCUT2D eigenvalue weighted by Gasteiger charge is -2.18. The normalized spacial score (nSPS) is 12.0. The van der Waals surface area contributed by atoms with Crippen LogP contribution in [0.5, 0.6) is 0 Å². The minimum atomic E-state index is -3.86. The van der Waals surface area contributed by atoms with Crippen LogP contribution in [0.15, 0.2) is 56.8 Å². The number of sulfonamides is 1. The quantitative estimate of drug-likeness (QED) is 0.493. The molecule has 3 rings (SSSR count). The summed E-state index contributed by atoms with van der Waals surface area (Å²) >= 11 is 1.41.